The van der Waals surface area contributed by atoms with Crippen molar-refractivity contribution in [2.24, 2.45) is 0 Å². The second-order valence-corrected chi connectivity index (χ2v) is 14.9. The first kappa shape index (κ1) is 32.1. The molecule has 1 aromatic heterocycles. The molecule has 1 saturated heterocycles. The molecule has 14 heteroatoms. The zero-order valence-corrected chi connectivity index (χ0v) is 27.2. The van der Waals surface area contributed by atoms with Gasteiger partial charge in [0.2, 0.25) is 21.7 Å². The zero-order chi connectivity index (χ0) is 33.2. The maximum absolute atomic E-state index is 12.8. The second-order valence-electron chi connectivity index (χ2n) is 10.6. The average Bonchev–Trinajstić information content (AvgIpc) is 3.68. The molecule has 2 heterocycles. The van der Waals surface area contributed by atoms with E-state index in [1.165, 1.54) is 11.0 Å². The van der Waals surface area contributed by atoms with E-state index in [1.807, 2.05) is 48.5 Å². The van der Waals surface area contributed by atoms with Crippen LogP contribution in [-0.4, -0.2) is 52.3 Å². The molecule has 47 heavy (non-hydrogen) atoms. The van der Waals surface area contributed by atoms with E-state index in [0.717, 1.165) is 27.1 Å². The predicted octanol–water partition coefficient (Wildman–Crippen LogP) is 6.27. The van der Waals surface area contributed by atoms with Crippen molar-refractivity contribution in [3.63, 3.8) is 0 Å². The minimum atomic E-state index is -3.76. The fourth-order valence-corrected chi connectivity index (χ4v) is 6.87. The Hall–Kier alpha value is -4.82. The second kappa shape index (κ2) is 13.1. The summed E-state index contributed by atoms with van der Waals surface area (Å²) in [5.41, 5.74) is 1.38. The Balaban J connectivity index is 0.000000230. The van der Waals surface area contributed by atoms with Gasteiger partial charge in [0, 0.05) is 35.4 Å². The van der Waals surface area contributed by atoms with Crippen LogP contribution in [0.1, 0.15) is 5.89 Å². The monoisotopic (exact) mass is 690 g/mol. The topological polar surface area (TPSA) is 149 Å². The summed E-state index contributed by atoms with van der Waals surface area (Å²) in [6.45, 7) is 1.90. The third-order valence-corrected chi connectivity index (χ3v) is 10.1. The first-order chi connectivity index (χ1) is 22.5. The van der Waals surface area contributed by atoms with Crippen LogP contribution in [0.3, 0.4) is 0 Å². The maximum Gasteiger partial charge on any atom is 0.414 e. The molecule has 0 saturated carbocycles. The standard InChI is InChI=1S/C23H20N4O5S.C10H7ClO2S/c1-15-25-22(26-32-15)17-6-9-19(10-7-17)27-14-20(31-23(27)28)13-24-33(29,30)21-11-8-16-4-2-3-5-18(16)12-21;11-14(12,13)10-6-5-8-3-1-2-4-9(8)7-10/h2-12,20,24H,13-14H2,1H3;1-7H. The van der Waals surface area contributed by atoms with Gasteiger partial charge in [-0.05, 0) is 70.1 Å². The SMILES string of the molecule is Cc1nc(-c2ccc(N3CC(CNS(=O)(=O)c4ccc5ccccc5c4)OC3=O)cc2)no1.O=S(=O)(Cl)c1ccc2ccccc2c1. The van der Waals surface area contributed by atoms with E-state index >= 15 is 0 Å². The molecule has 1 atom stereocenters. The van der Waals surface area contributed by atoms with E-state index in [2.05, 4.69) is 14.9 Å². The number of halogens is 1. The highest BCUT2D eigenvalue weighted by Gasteiger charge is 2.33. The van der Waals surface area contributed by atoms with Crippen molar-refractivity contribution in [2.45, 2.75) is 22.8 Å². The fourth-order valence-electron chi connectivity index (χ4n) is 4.99. The summed E-state index contributed by atoms with van der Waals surface area (Å²) in [5.74, 6) is 0.926. The lowest BCUT2D eigenvalue weighted by molar-refractivity contribution is 0.143. The molecule has 0 radical (unpaired) electrons. The van der Waals surface area contributed by atoms with Crippen molar-refractivity contribution < 1.29 is 30.9 Å². The maximum atomic E-state index is 12.8. The van der Waals surface area contributed by atoms with E-state index in [4.69, 9.17) is 19.9 Å². The summed E-state index contributed by atoms with van der Waals surface area (Å²) >= 11 is 0. The van der Waals surface area contributed by atoms with Gasteiger partial charge in [-0.3, -0.25) is 4.90 Å². The Labute approximate surface area is 275 Å². The number of carbonyl (C=O) groups excluding carboxylic acids is 1. The number of anilines is 1. The van der Waals surface area contributed by atoms with Crippen molar-refractivity contribution in [1.82, 2.24) is 14.9 Å². The molecule has 240 valence electrons. The number of aromatic nitrogens is 2. The Morgan fingerprint density at radius 2 is 1.38 bits per heavy atom. The normalized spacial score (nSPS) is 15.0. The van der Waals surface area contributed by atoms with Crippen LogP contribution in [0.15, 0.2) is 124 Å². The van der Waals surface area contributed by atoms with Crippen molar-refractivity contribution in [3.8, 4) is 11.4 Å². The molecule has 11 nitrogen and oxygen atoms in total. The third-order valence-electron chi connectivity index (χ3n) is 7.37. The molecule has 0 aliphatic carbocycles. The molecule has 1 N–H and O–H groups in total. The molecule has 1 amide bonds. The summed E-state index contributed by atoms with van der Waals surface area (Å²) in [6.07, 6.45) is -1.15. The largest absolute Gasteiger partial charge is 0.443 e. The molecule has 0 bridgehead atoms. The number of aryl methyl sites for hydroxylation is 1. The van der Waals surface area contributed by atoms with Gasteiger partial charge in [-0.15, -0.1) is 0 Å². The van der Waals surface area contributed by atoms with Crippen LogP contribution >= 0.6 is 10.7 Å². The highest BCUT2D eigenvalue weighted by molar-refractivity contribution is 8.13. The Morgan fingerprint density at radius 1 is 0.809 bits per heavy atom. The fraction of sp³-hybridized carbons (Fsp3) is 0.121. The van der Waals surface area contributed by atoms with E-state index in [9.17, 15) is 21.6 Å². The number of ether oxygens (including phenoxy) is 1. The van der Waals surface area contributed by atoms with Crippen molar-refractivity contribution >= 4 is 63.1 Å². The van der Waals surface area contributed by atoms with Crippen LogP contribution in [0.5, 0.6) is 0 Å². The number of benzene rings is 5. The van der Waals surface area contributed by atoms with E-state index in [1.54, 1.807) is 61.5 Å². The van der Waals surface area contributed by atoms with Crippen molar-refractivity contribution in [2.75, 3.05) is 18.0 Å². The van der Waals surface area contributed by atoms with Crippen LogP contribution < -0.4 is 9.62 Å². The number of nitrogens with zero attached hydrogens (tertiary/aromatic N) is 3. The third kappa shape index (κ3) is 7.44. The van der Waals surface area contributed by atoms with Crippen LogP contribution in [0, 0.1) is 6.92 Å². The number of hydrogen-bond donors (Lipinski definition) is 1. The zero-order valence-electron chi connectivity index (χ0n) is 24.8. The Morgan fingerprint density at radius 3 is 1.96 bits per heavy atom. The number of hydrogen-bond acceptors (Lipinski definition) is 9. The van der Waals surface area contributed by atoms with Crippen LogP contribution in [-0.2, 0) is 23.8 Å². The van der Waals surface area contributed by atoms with Crippen LogP contribution in [0.2, 0.25) is 0 Å². The van der Waals surface area contributed by atoms with Gasteiger partial charge < -0.3 is 9.26 Å². The average molecular weight is 691 g/mol. The van der Waals surface area contributed by atoms with E-state index in [0.29, 0.717) is 17.4 Å². The highest BCUT2D eigenvalue weighted by Crippen LogP contribution is 2.26. The summed E-state index contributed by atoms with van der Waals surface area (Å²) in [5, 5.41) is 7.53. The number of fused-ring (bicyclic) bond motifs is 2. The number of amides is 1. The van der Waals surface area contributed by atoms with Crippen LogP contribution in [0.4, 0.5) is 10.5 Å². The molecule has 1 unspecified atom stereocenters. The minimum absolute atomic E-state index is 0.0301. The van der Waals surface area contributed by atoms with Crippen LogP contribution in [0.25, 0.3) is 32.9 Å². The summed E-state index contributed by atoms with van der Waals surface area (Å²) < 4.78 is 60.5. The smallest absolute Gasteiger partial charge is 0.414 e. The summed E-state index contributed by atoms with van der Waals surface area (Å²) in [4.78, 5) is 18.3. The first-order valence-corrected chi connectivity index (χ1v) is 18.1. The first-order valence-electron chi connectivity index (χ1n) is 14.3. The number of carbonyl (C=O) groups is 1. The van der Waals surface area contributed by atoms with E-state index < -0.39 is 31.3 Å². The molecule has 6 aromatic rings. The lowest BCUT2D eigenvalue weighted by Crippen LogP contribution is -2.34. The number of rotatable bonds is 7. The molecule has 0 spiro atoms. The molecule has 7 rings (SSSR count). The van der Waals surface area contributed by atoms with Gasteiger partial charge in [0.1, 0.15) is 6.10 Å². The van der Waals surface area contributed by atoms with Gasteiger partial charge >= 0.3 is 6.09 Å². The Kier molecular flexibility index (Phi) is 8.97. The molecular weight excluding hydrogens is 664 g/mol. The minimum Gasteiger partial charge on any atom is -0.443 e. The molecule has 1 aliphatic rings. The summed E-state index contributed by atoms with van der Waals surface area (Å²) in [7, 11) is -2.15. The molecular formula is C33H27ClN4O7S2. The van der Waals surface area contributed by atoms with Gasteiger partial charge in [0.05, 0.1) is 16.3 Å². The van der Waals surface area contributed by atoms with Gasteiger partial charge in [-0.1, -0.05) is 65.8 Å². The number of nitrogens with one attached hydrogen (secondary N) is 1. The molecule has 1 aliphatic heterocycles. The summed E-state index contributed by atoms with van der Waals surface area (Å²) in [6, 6.07) is 31.9. The number of cyclic esters (lactones) is 1. The van der Waals surface area contributed by atoms with E-state index in [-0.39, 0.29) is 22.9 Å². The lowest BCUT2D eigenvalue weighted by Gasteiger charge is -2.13. The van der Waals surface area contributed by atoms with Gasteiger partial charge in [-0.25, -0.2) is 26.4 Å². The van der Waals surface area contributed by atoms with Gasteiger partial charge in [-0.2, -0.15) is 4.98 Å². The quantitative estimate of drug-likeness (QED) is 0.191. The molecule has 1 fully saturated rings. The lowest BCUT2D eigenvalue weighted by atomic mass is 10.1. The molecule has 5 aromatic carbocycles. The van der Waals surface area contributed by atoms with Gasteiger partial charge in [0.15, 0.2) is 0 Å². The number of sulfonamides is 1. The van der Waals surface area contributed by atoms with Crippen molar-refractivity contribution in [1.29, 1.82) is 0 Å². The van der Waals surface area contributed by atoms with Gasteiger partial charge in [0.25, 0.3) is 9.05 Å². The van der Waals surface area contributed by atoms with Crippen molar-refractivity contribution in [3.05, 3.63) is 115 Å². The predicted molar refractivity (Wildman–Crippen MR) is 178 cm³/mol. The highest BCUT2D eigenvalue weighted by atomic mass is 35.7. The Bertz CT molecular complexity index is 2310.